The Bertz CT molecular complexity index is 1150. The standard InChI is InChI=1S/C28H34N2O3/c1-18-9-11-22(12-10-18)23-13-19(2)14-24(15-23)30(27(31)33-28(5,6)7)17-25-21(4)26(32-8)20(3)16-29-25/h9-16H,17H2,1-8H3. The second kappa shape index (κ2) is 9.65. The lowest BCUT2D eigenvalue weighted by molar-refractivity contribution is 0.0577. The number of benzene rings is 2. The maximum Gasteiger partial charge on any atom is 0.415 e. The number of hydrogen-bond acceptors (Lipinski definition) is 4. The molecule has 0 saturated heterocycles. The van der Waals surface area contributed by atoms with E-state index in [1.54, 1.807) is 18.2 Å². The highest BCUT2D eigenvalue weighted by Crippen LogP contribution is 2.31. The van der Waals surface area contributed by atoms with Gasteiger partial charge in [-0.15, -0.1) is 0 Å². The molecule has 174 valence electrons. The predicted octanol–water partition coefficient (Wildman–Crippen LogP) is 6.93. The number of amides is 1. The molecule has 5 heteroatoms. The SMILES string of the molecule is COc1c(C)cnc(CN(C(=O)OC(C)(C)C)c2cc(C)cc(-c3ccc(C)cc3)c2)c1C. The van der Waals surface area contributed by atoms with Crippen molar-refractivity contribution < 1.29 is 14.3 Å². The number of carbonyl (C=O) groups excluding carboxylic acids is 1. The Labute approximate surface area is 197 Å². The summed E-state index contributed by atoms with van der Waals surface area (Å²) in [5.74, 6) is 0.786. The van der Waals surface area contributed by atoms with Gasteiger partial charge in [0.15, 0.2) is 0 Å². The van der Waals surface area contributed by atoms with Crippen LogP contribution in [-0.2, 0) is 11.3 Å². The Balaban J connectivity index is 2.09. The lowest BCUT2D eigenvalue weighted by Crippen LogP contribution is -2.37. The third kappa shape index (κ3) is 5.92. The fourth-order valence-corrected chi connectivity index (χ4v) is 3.79. The molecule has 0 fully saturated rings. The topological polar surface area (TPSA) is 51.7 Å². The van der Waals surface area contributed by atoms with Crippen molar-refractivity contribution in [1.82, 2.24) is 4.98 Å². The Morgan fingerprint density at radius 2 is 1.61 bits per heavy atom. The van der Waals surface area contributed by atoms with Gasteiger partial charge in [0.25, 0.3) is 0 Å². The maximum atomic E-state index is 13.3. The average molecular weight is 447 g/mol. The molecule has 1 aromatic heterocycles. The van der Waals surface area contributed by atoms with Crippen LogP contribution in [0.3, 0.4) is 0 Å². The number of aryl methyl sites for hydroxylation is 3. The van der Waals surface area contributed by atoms with Crippen molar-refractivity contribution in [3.8, 4) is 16.9 Å². The Kier molecular flexibility index (Phi) is 7.11. The molecule has 33 heavy (non-hydrogen) atoms. The number of hydrogen-bond donors (Lipinski definition) is 0. The molecule has 0 aliphatic carbocycles. The van der Waals surface area contributed by atoms with Gasteiger partial charge in [-0.3, -0.25) is 9.88 Å². The van der Waals surface area contributed by atoms with E-state index in [1.165, 1.54) is 5.56 Å². The second-order valence-electron chi connectivity index (χ2n) is 9.54. The molecule has 0 spiro atoms. The maximum absolute atomic E-state index is 13.3. The summed E-state index contributed by atoms with van der Waals surface area (Å²) in [5, 5.41) is 0. The zero-order valence-corrected chi connectivity index (χ0v) is 20.9. The van der Waals surface area contributed by atoms with Crippen LogP contribution in [0.15, 0.2) is 48.7 Å². The zero-order valence-electron chi connectivity index (χ0n) is 20.9. The van der Waals surface area contributed by atoms with Gasteiger partial charge in [-0.05, 0) is 77.3 Å². The van der Waals surface area contributed by atoms with E-state index in [0.29, 0.717) is 0 Å². The fourth-order valence-electron chi connectivity index (χ4n) is 3.79. The van der Waals surface area contributed by atoms with Crippen molar-refractivity contribution >= 4 is 11.8 Å². The van der Waals surface area contributed by atoms with Crippen LogP contribution in [0, 0.1) is 27.7 Å². The van der Waals surface area contributed by atoms with Crippen LogP contribution in [0.5, 0.6) is 5.75 Å². The van der Waals surface area contributed by atoms with Crippen molar-refractivity contribution in [2.24, 2.45) is 0 Å². The van der Waals surface area contributed by atoms with Crippen molar-refractivity contribution in [1.29, 1.82) is 0 Å². The summed E-state index contributed by atoms with van der Waals surface area (Å²) in [6, 6.07) is 14.5. The zero-order chi connectivity index (χ0) is 24.3. The molecule has 0 N–H and O–H groups in total. The van der Waals surface area contributed by atoms with Gasteiger partial charge < -0.3 is 9.47 Å². The smallest absolute Gasteiger partial charge is 0.415 e. The van der Waals surface area contributed by atoms with E-state index in [2.05, 4.69) is 42.2 Å². The fraction of sp³-hybridized carbons (Fsp3) is 0.357. The molecular formula is C28H34N2O3. The summed E-state index contributed by atoms with van der Waals surface area (Å²) < 4.78 is 11.4. The number of ether oxygens (including phenoxy) is 2. The van der Waals surface area contributed by atoms with E-state index in [0.717, 1.165) is 44.9 Å². The van der Waals surface area contributed by atoms with Gasteiger partial charge >= 0.3 is 6.09 Å². The predicted molar refractivity (Wildman–Crippen MR) is 134 cm³/mol. The molecule has 0 radical (unpaired) electrons. The van der Waals surface area contributed by atoms with Crippen LogP contribution in [0.1, 0.15) is 48.7 Å². The molecule has 3 rings (SSSR count). The van der Waals surface area contributed by atoms with Gasteiger partial charge in [-0.25, -0.2) is 4.79 Å². The monoisotopic (exact) mass is 446 g/mol. The summed E-state index contributed by atoms with van der Waals surface area (Å²) in [6.07, 6.45) is 1.37. The number of aromatic nitrogens is 1. The van der Waals surface area contributed by atoms with Crippen LogP contribution < -0.4 is 9.64 Å². The first-order valence-corrected chi connectivity index (χ1v) is 11.2. The van der Waals surface area contributed by atoms with Crippen molar-refractivity contribution in [2.45, 2.75) is 60.6 Å². The van der Waals surface area contributed by atoms with Gasteiger partial charge in [0.05, 0.1) is 19.3 Å². The highest BCUT2D eigenvalue weighted by molar-refractivity contribution is 5.89. The third-order valence-corrected chi connectivity index (χ3v) is 5.43. The van der Waals surface area contributed by atoms with E-state index in [-0.39, 0.29) is 6.54 Å². The molecule has 0 aliphatic rings. The summed E-state index contributed by atoms with van der Waals surface area (Å²) >= 11 is 0. The molecule has 1 amide bonds. The summed E-state index contributed by atoms with van der Waals surface area (Å²) in [6.45, 7) is 13.9. The first-order chi connectivity index (χ1) is 15.5. The molecule has 3 aromatic rings. The lowest BCUT2D eigenvalue weighted by atomic mass is 10.0. The normalized spacial score (nSPS) is 11.3. The number of nitrogens with zero attached hydrogens (tertiary/aromatic N) is 2. The van der Waals surface area contributed by atoms with Gasteiger partial charge in [-0.1, -0.05) is 35.9 Å². The molecular weight excluding hydrogens is 412 g/mol. The largest absolute Gasteiger partial charge is 0.496 e. The number of methoxy groups -OCH3 is 1. The van der Waals surface area contributed by atoms with Crippen LogP contribution >= 0.6 is 0 Å². The highest BCUT2D eigenvalue weighted by atomic mass is 16.6. The molecule has 5 nitrogen and oxygen atoms in total. The summed E-state index contributed by atoms with van der Waals surface area (Å²) in [5.41, 5.74) is 7.19. The Morgan fingerprint density at radius 3 is 2.21 bits per heavy atom. The second-order valence-corrected chi connectivity index (χ2v) is 9.54. The highest BCUT2D eigenvalue weighted by Gasteiger charge is 2.26. The minimum atomic E-state index is -0.619. The molecule has 2 aromatic carbocycles. The van der Waals surface area contributed by atoms with Gasteiger partial charge in [0, 0.05) is 23.0 Å². The van der Waals surface area contributed by atoms with E-state index < -0.39 is 11.7 Å². The van der Waals surface area contributed by atoms with Crippen molar-refractivity contribution in [3.05, 3.63) is 76.6 Å². The van der Waals surface area contributed by atoms with Crippen LogP contribution in [0.2, 0.25) is 0 Å². The third-order valence-electron chi connectivity index (χ3n) is 5.43. The molecule has 0 saturated carbocycles. The number of pyridine rings is 1. The first kappa shape index (κ1) is 24.3. The summed E-state index contributed by atoms with van der Waals surface area (Å²) in [4.78, 5) is 19.6. The molecule has 0 unspecified atom stereocenters. The quantitative estimate of drug-likeness (QED) is 0.426. The van der Waals surface area contributed by atoms with Crippen LogP contribution in [0.25, 0.3) is 11.1 Å². The Hall–Kier alpha value is -3.34. The number of carbonyl (C=O) groups is 1. The van der Waals surface area contributed by atoms with Gasteiger partial charge in [0.2, 0.25) is 0 Å². The van der Waals surface area contributed by atoms with Crippen LogP contribution in [-0.4, -0.2) is 23.8 Å². The van der Waals surface area contributed by atoms with Gasteiger partial charge in [-0.2, -0.15) is 0 Å². The van der Waals surface area contributed by atoms with Crippen molar-refractivity contribution in [3.63, 3.8) is 0 Å². The lowest BCUT2D eigenvalue weighted by Gasteiger charge is -2.28. The molecule has 1 heterocycles. The van der Waals surface area contributed by atoms with E-state index >= 15 is 0 Å². The van der Waals surface area contributed by atoms with Gasteiger partial charge in [0.1, 0.15) is 11.4 Å². The molecule has 0 aliphatic heterocycles. The number of anilines is 1. The van der Waals surface area contributed by atoms with Crippen LogP contribution in [0.4, 0.5) is 10.5 Å². The first-order valence-electron chi connectivity index (χ1n) is 11.2. The minimum Gasteiger partial charge on any atom is -0.496 e. The Morgan fingerprint density at radius 1 is 0.939 bits per heavy atom. The van der Waals surface area contributed by atoms with E-state index in [1.807, 2.05) is 53.7 Å². The van der Waals surface area contributed by atoms with E-state index in [9.17, 15) is 4.79 Å². The number of rotatable bonds is 5. The summed E-state index contributed by atoms with van der Waals surface area (Å²) in [7, 11) is 1.65. The van der Waals surface area contributed by atoms with E-state index in [4.69, 9.17) is 9.47 Å². The average Bonchev–Trinajstić information content (AvgIpc) is 2.72. The van der Waals surface area contributed by atoms with Crippen molar-refractivity contribution in [2.75, 3.05) is 12.0 Å². The molecule has 0 atom stereocenters. The molecule has 0 bridgehead atoms. The minimum absolute atomic E-state index is 0.272.